The van der Waals surface area contributed by atoms with Crippen molar-refractivity contribution >= 4 is 23.3 Å². The van der Waals surface area contributed by atoms with Gasteiger partial charge in [0.05, 0.1) is 11.0 Å². The molecule has 3 fully saturated rings. The van der Waals surface area contributed by atoms with Crippen LogP contribution in [0.1, 0.15) is 25.3 Å². The van der Waals surface area contributed by atoms with Gasteiger partial charge in [-0.25, -0.2) is 4.39 Å². The van der Waals surface area contributed by atoms with Gasteiger partial charge in [0.2, 0.25) is 0 Å². The van der Waals surface area contributed by atoms with Gasteiger partial charge in [0.25, 0.3) is 0 Å². The van der Waals surface area contributed by atoms with E-state index in [-0.39, 0.29) is 5.82 Å². The maximum absolute atomic E-state index is 13.3. The molecule has 0 aliphatic heterocycles. The molecule has 1 aromatic heterocycles. The minimum atomic E-state index is -0.202. The van der Waals surface area contributed by atoms with Crippen LogP contribution in [-0.4, -0.2) is 9.55 Å². The Balaban J connectivity index is 1.67. The molecular formula is C15H15FN2S. The summed E-state index contributed by atoms with van der Waals surface area (Å²) in [4.78, 5) is 3.17. The lowest BCUT2D eigenvalue weighted by Crippen LogP contribution is -2.04. The minimum Gasteiger partial charge on any atom is -0.330 e. The summed E-state index contributed by atoms with van der Waals surface area (Å²) in [5, 5.41) is 0. The molecule has 0 amide bonds. The van der Waals surface area contributed by atoms with E-state index in [4.69, 9.17) is 12.2 Å². The lowest BCUT2D eigenvalue weighted by molar-refractivity contribution is 0.456. The van der Waals surface area contributed by atoms with Crippen molar-refractivity contribution in [1.29, 1.82) is 0 Å². The van der Waals surface area contributed by atoms with E-state index >= 15 is 0 Å². The van der Waals surface area contributed by atoms with Gasteiger partial charge in [-0.1, -0.05) is 0 Å². The Bertz CT molecular complexity index is 730. The number of rotatable bonds is 1. The quantitative estimate of drug-likeness (QED) is 0.778. The largest absolute Gasteiger partial charge is 0.330 e. The van der Waals surface area contributed by atoms with Crippen LogP contribution in [0.5, 0.6) is 0 Å². The van der Waals surface area contributed by atoms with Gasteiger partial charge in [0.1, 0.15) is 5.82 Å². The summed E-state index contributed by atoms with van der Waals surface area (Å²) in [7, 11) is 0. The normalized spacial score (nSPS) is 38.9. The van der Waals surface area contributed by atoms with Crippen molar-refractivity contribution in [2.45, 2.75) is 25.3 Å². The topological polar surface area (TPSA) is 20.7 Å². The summed E-state index contributed by atoms with van der Waals surface area (Å²) < 4.78 is 16.3. The van der Waals surface area contributed by atoms with E-state index in [0.29, 0.717) is 6.04 Å². The molecule has 5 rings (SSSR count). The van der Waals surface area contributed by atoms with E-state index in [1.807, 2.05) is 6.07 Å². The zero-order valence-corrected chi connectivity index (χ0v) is 11.3. The fraction of sp³-hybridized carbons (Fsp3) is 0.533. The highest BCUT2D eigenvalue weighted by Gasteiger charge is 2.66. The van der Waals surface area contributed by atoms with E-state index in [1.165, 1.54) is 25.3 Å². The Morgan fingerprint density at radius 1 is 1.21 bits per heavy atom. The molecule has 2 nitrogen and oxygen atoms in total. The van der Waals surface area contributed by atoms with Crippen LogP contribution in [0.15, 0.2) is 18.2 Å². The Labute approximate surface area is 115 Å². The Morgan fingerprint density at radius 2 is 1.95 bits per heavy atom. The lowest BCUT2D eigenvalue weighted by Gasteiger charge is -2.10. The van der Waals surface area contributed by atoms with E-state index in [1.54, 1.807) is 6.07 Å². The number of H-pyrrole nitrogens is 1. The molecule has 1 N–H and O–H groups in total. The Kier molecular flexibility index (Phi) is 1.84. The number of imidazole rings is 1. The number of nitrogens with one attached hydrogen (secondary N) is 1. The molecule has 0 spiro atoms. The Morgan fingerprint density at radius 3 is 2.68 bits per heavy atom. The van der Waals surface area contributed by atoms with Gasteiger partial charge >= 0.3 is 0 Å². The van der Waals surface area contributed by atoms with Crippen molar-refractivity contribution in [2.75, 3.05) is 0 Å². The van der Waals surface area contributed by atoms with Crippen molar-refractivity contribution in [2.24, 2.45) is 23.7 Å². The third kappa shape index (κ3) is 1.23. The molecule has 98 valence electrons. The summed E-state index contributed by atoms with van der Waals surface area (Å²) in [5.41, 5.74) is 1.91. The van der Waals surface area contributed by atoms with Crippen molar-refractivity contribution in [3.63, 3.8) is 0 Å². The second-order valence-electron chi connectivity index (χ2n) is 6.44. The molecule has 1 aromatic carbocycles. The van der Waals surface area contributed by atoms with Crippen LogP contribution in [0.25, 0.3) is 11.0 Å². The molecule has 3 aliphatic rings. The van der Waals surface area contributed by atoms with Crippen LogP contribution in [0, 0.1) is 34.3 Å². The average Bonchev–Trinajstić information content (AvgIpc) is 2.74. The summed E-state index contributed by atoms with van der Waals surface area (Å²) in [6.07, 6.45) is 4.26. The maximum atomic E-state index is 13.3. The van der Waals surface area contributed by atoms with Gasteiger partial charge in [0.15, 0.2) is 4.77 Å². The van der Waals surface area contributed by atoms with Gasteiger partial charge in [-0.05, 0) is 73.4 Å². The molecule has 2 aromatic rings. The van der Waals surface area contributed by atoms with E-state index in [9.17, 15) is 4.39 Å². The molecule has 4 atom stereocenters. The first-order valence-electron chi connectivity index (χ1n) is 7.14. The predicted molar refractivity (Wildman–Crippen MR) is 73.9 cm³/mol. The van der Waals surface area contributed by atoms with Gasteiger partial charge < -0.3 is 9.55 Å². The third-order valence-corrected chi connectivity index (χ3v) is 5.97. The monoisotopic (exact) mass is 274 g/mol. The van der Waals surface area contributed by atoms with Crippen molar-refractivity contribution < 1.29 is 4.39 Å². The number of fused-ring (bicyclic) bond motifs is 6. The molecule has 0 saturated heterocycles. The smallest absolute Gasteiger partial charge is 0.178 e. The van der Waals surface area contributed by atoms with Crippen LogP contribution in [0.3, 0.4) is 0 Å². The van der Waals surface area contributed by atoms with Crippen molar-refractivity contribution in [3.05, 3.63) is 28.8 Å². The summed E-state index contributed by atoms with van der Waals surface area (Å²) in [6, 6.07) is 5.54. The second kappa shape index (κ2) is 3.29. The first-order chi connectivity index (χ1) is 9.24. The molecular weight excluding hydrogens is 259 g/mol. The average molecular weight is 274 g/mol. The summed E-state index contributed by atoms with van der Waals surface area (Å²) in [5.74, 6) is 3.33. The highest BCUT2D eigenvalue weighted by molar-refractivity contribution is 7.71. The first-order valence-corrected chi connectivity index (χ1v) is 7.54. The number of aromatic amines is 1. The number of hydrogen-bond acceptors (Lipinski definition) is 1. The zero-order chi connectivity index (χ0) is 12.7. The zero-order valence-electron chi connectivity index (χ0n) is 10.5. The third-order valence-electron chi connectivity index (χ3n) is 5.67. The molecule has 1 heterocycles. The Hall–Kier alpha value is -1.16. The molecule has 4 heteroatoms. The standard InChI is InChI=1S/C15H15FN2S/c16-9-3-4-11-10(6-9)17-15(19)18(11)14-12-7-1-2-8(5-7)13(12)14/h3-4,6-8,12-14H,1-2,5H2,(H,17,19). The van der Waals surface area contributed by atoms with Gasteiger partial charge in [-0.2, -0.15) is 0 Å². The highest BCUT2D eigenvalue weighted by atomic mass is 32.1. The second-order valence-corrected chi connectivity index (χ2v) is 6.83. The minimum absolute atomic E-state index is 0.202. The molecule has 3 saturated carbocycles. The number of benzene rings is 1. The molecule has 2 bridgehead atoms. The fourth-order valence-corrected chi connectivity index (χ4v) is 5.35. The van der Waals surface area contributed by atoms with Gasteiger partial charge in [0, 0.05) is 6.04 Å². The van der Waals surface area contributed by atoms with Crippen LogP contribution < -0.4 is 0 Å². The van der Waals surface area contributed by atoms with Crippen LogP contribution in [-0.2, 0) is 0 Å². The fourth-order valence-electron chi connectivity index (χ4n) is 5.02. The number of halogens is 1. The first kappa shape index (κ1) is 10.6. The summed E-state index contributed by atoms with van der Waals surface area (Å²) >= 11 is 5.47. The molecule has 4 unspecified atom stereocenters. The molecule has 19 heavy (non-hydrogen) atoms. The molecule has 3 aliphatic carbocycles. The number of aromatic nitrogens is 2. The number of nitrogens with zero attached hydrogens (tertiary/aromatic N) is 1. The van der Waals surface area contributed by atoms with Crippen LogP contribution >= 0.6 is 12.2 Å². The maximum Gasteiger partial charge on any atom is 0.178 e. The highest BCUT2D eigenvalue weighted by Crippen LogP contribution is 2.71. The van der Waals surface area contributed by atoms with Gasteiger partial charge in [-0.3, -0.25) is 0 Å². The van der Waals surface area contributed by atoms with Crippen molar-refractivity contribution in [1.82, 2.24) is 9.55 Å². The van der Waals surface area contributed by atoms with E-state index in [0.717, 1.165) is 39.5 Å². The predicted octanol–water partition coefficient (Wildman–Crippen LogP) is 4.05. The molecule has 0 radical (unpaired) electrons. The lowest BCUT2D eigenvalue weighted by atomic mass is 10.0. The van der Waals surface area contributed by atoms with Crippen LogP contribution in [0.2, 0.25) is 0 Å². The van der Waals surface area contributed by atoms with Crippen LogP contribution in [0.4, 0.5) is 4.39 Å². The van der Waals surface area contributed by atoms with Gasteiger partial charge in [-0.15, -0.1) is 0 Å². The summed E-state index contributed by atoms with van der Waals surface area (Å²) in [6.45, 7) is 0. The van der Waals surface area contributed by atoms with Crippen molar-refractivity contribution in [3.8, 4) is 0 Å². The SMILES string of the molecule is Fc1ccc2c(c1)[nH]c(=S)n2C1C2C3CCC(C3)C21. The number of hydrogen-bond donors (Lipinski definition) is 1. The van der Waals surface area contributed by atoms with E-state index < -0.39 is 0 Å². The van der Waals surface area contributed by atoms with E-state index in [2.05, 4.69) is 9.55 Å².